The molecule has 94 valence electrons. The fourth-order valence-electron chi connectivity index (χ4n) is 2.27. The largest absolute Gasteiger partial charge is 0.321 e. The Hall–Kier alpha value is -1.15. The summed E-state index contributed by atoms with van der Waals surface area (Å²) in [6.07, 6.45) is 2.21. The summed E-state index contributed by atoms with van der Waals surface area (Å²) < 4.78 is 0. The SMILES string of the molecule is CCCC(N)C(=O)Cc1c(C)cc(C)cc1C. The number of ketones is 1. The van der Waals surface area contributed by atoms with Gasteiger partial charge in [-0.2, -0.15) is 0 Å². The normalized spacial score (nSPS) is 12.5. The maximum Gasteiger partial charge on any atom is 0.153 e. The van der Waals surface area contributed by atoms with Crippen LogP contribution in [-0.4, -0.2) is 11.8 Å². The van der Waals surface area contributed by atoms with Crippen LogP contribution >= 0.6 is 0 Å². The van der Waals surface area contributed by atoms with Crippen LogP contribution in [0.4, 0.5) is 0 Å². The molecule has 2 nitrogen and oxygen atoms in total. The molecular weight excluding hydrogens is 210 g/mol. The van der Waals surface area contributed by atoms with Gasteiger partial charge in [0.2, 0.25) is 0 Å². The predicted octanol–water partition coefficient (Wildman–Crippen LogP) is 2.85. The van der Waals surface area contributed by atoms with E-state index < -0.39 is 0 Å². The number of benzene rings is 1. The molecule has 1 aromatic rings. The van der Waals surface area contributed by atoms with Gasteiger partial charge in [-0.1, -0.05) is 31.0 Å². The Balaban J connectivity index is 2.85. The van der Waals surface area contributed by atoms with Gasteiger partial charge in [0.1, 0.15) is 0 Å². The second kappa shape index (κ2) is 5.97. The summed E-state index contributed by atoms with van der Waals surface area (Å²) in [4.78, 5) is 12.0. The molecule has 0 bridgehead atoms. The minimum atomic E-state index is -0.305. The van der Waals surface area contributed by atoms with Crippen molar-refractivity contribution in [2.24, 2.45) is 5.73 Å². The van der Waals surface area contributed by atoms with Crippen LogP contribution < -0.4 is 5.73 Å². The fourth-order valence-corrected chi connectivity index (χ4v) is 2.27. The van der Waals surface area contributed by atoms with Gasteiger partial charge in [0.25, 0.3) is 0 Å². The van der Waals surface area contributed by atoms with Gasteiger partial charge in [-0.15, -0.1) is 0 Å². The highest BCUT2D eigenvalue weighted by Gasteiger charge is 2.15. The number of Topliss-reactive ketones (excluding diaryl/α,β-unsaturated/α-hetero) is 1. The third-order valence-corrected chi connectivity index (χ3v) is 3.20. The first-order valence-corrected chi connectivity index (χ1v) is 6.30. The van der Waals surface area contributed by atoms with Gasteiger partial charge in [0.15, 0.2) is 5.78 Å². The third kappa shape index (κ3) is 3.67. The summed E-state index contributed by atoms with van der Waals surface area (Å²) in [5.41, 5.74) is 10.6. The van der Waals surface area contributed by atoms with E-state index in [0.29, 0.717) is 6.42 Å². The molecule has 0 spiro atoms. The summed E-state index contributed by atoms with van der Waals surface area (Å²) in [7, 11) is 0. The highest BCUT2D eigenvalue weighted by Crippen LogP contribution is 2.17. The number of nitrogens with two attached hydrogens (primary N) is 1. The summed E-state index contributed by atoms with van der Waals surface area (Å²) in [6, 6.07) is 3.95. The zero-order chi connectivity index (χ0) is 13.0. The quantitative estimate of drug-likeness (QED) is 0.849. The monoisotopic (exact) mass is 233 g/mol. The van der Waals surface area contributed by atoms with Crippen LogP contribution in [0, 0.1) is 20.8 Å². The second-order valence-corrected chi connectivity index (χ2v) is 4.92. The van der Waals surface area contributed by atoms with Gasteiger partial charge in [-0.3, -0.25) is 4.79 Å². The van der Waals surface area contributed by atoms with E-state index in [4.69, 9.17) is 5.73 Å². The lowest BCUT2D eigenvalue weighted by Gasteiger charge is -2.13. The van der Waals surface area contributed by atoms with Crippen LogP contribution in [-0.2, 0) is 11.2 Å². The second-order valence-electron chi connectivity index (χ2n) is 4.92. The van der Waals surface area contributed by atoms with E-state index in [2.05, 4.69) is 39.8 Å². The molecule has 0 radical (unpaired) electrons. The van der Waals surface area contributed by atoms with Crippen LogP contribution in [0.3, 0.4) is 0 Å². The van der Waals surface area contributed by atoms with Crippen molar-refractivity contribution >= 4 is 5.78 Å². The van der Waals surface area contributed by atoms with Crippen molar-refractivity contribution in [2.45, 2.75) is 53.0 Å². The Bertz CT molecular complexity index is 386. The summed E-state index contributed by atoms with van der Waals surface area (Å²) in [5.74, 6) is 0.155. The first-order valence-electron chi connectivity index (χ1n) is 6.30. The van der Waals surface area contributed by atoms with E-state index >= 15 is 0 Å². The number of hydrogen-bond donors (Lipinski definition) is 1. The molecule has 0 aliphatic heterocycles. The summed E-state index contributed by atoms with van der Waals surface area (Å²) >= 11 is 0. The molecule has 0 saturated heterocycles. The van der Waals surface area contributed by atoms with Crippen molar-refractivity contribution in [3.05, 3.63) is 34.4 Å². The molecule has 0 fully saturated rings. The van der Waals surface area contributed by atoms with Crippen LogP contribution in [0.15, 0.2) is 12.1 Å². The molecule has 0 heterocycles. The number of hydrogen-bond acceptors (Lipinski definition) is 2. The molecule has 0 aliphatic carbocycles. The summed E-state index contributed by atoms with van der Waals surface area (Å²) in [5, 5.41) is 0. The molecule has 0 aliphatic rings. The van der Waals surface area contributed by atoms with Gasteiger partial charge < -0.3 is 5.73 Å². The molecule has 2 heteroatoms. The van der Waals surface area contributed by atoms with E-state index in [1.807, 2.05) is 0 Å². The van der Waals surface area contributed by atoms with Crippen LogP contribution in [0.1, 0.15) is 42.0 Å². The Morgan fingerprint density at radius 2 is 1.76 bits per heavy atom. The molecule has 2 N–H and O–H groups in total. The van der Waals surface area contributed by atoms with Gasteiger partial charge in [0.05, 0.1) is 6.04 Å². The summed E-state index contributed by atoms with van der Waals surface area (Å²) in [6.45, 7) is 8.26. The van der Waals surface area contributed by atoms with E-state index in [1.165, 1.54) is 16.7 Å². The molecule has 1 unspecified atom stereocenters. The Morgan fingerprint density at radius 1 is 1.24 bits per heavy atom. The highest BCUT2D eigenvalue weighted by atomic mass is 16.1. The van der Waals surface area contributed by atoms with Crippen LogP contribution in [0.2, 0.25) is 0 Å². The fraction of sp³-hybridized carbons (Fsp3) is 0.533. The Labute approximate surface area is 104 Å². The van der Waals surface area contributed by atoms with Crippen LogP contribution in [0.5, 0.6) is 0 Å². The number of rotatable bonds is 5. The number of carbonyl (C=O) groups excluding carboxylic acids is 1. The van der Waals surface area contributed by atoms with Crippen molar-refractivity contribution in [3.63, 3.8) is 0 Å². The topological polar surface area (TPSA) is 43.1 Å². The lowest BCUT2D eigenvalue weighted by molar-refractivity contribution is -0.119. The van der Waals surface area contributed by atoms with Gasteiger partial charge >= 0.3 is 0 Å². The third-order valence-electron chi connectivity index (χ3n) is 3.20. The molecule has 1 aromatic carbocycles. The average Bonchev–Trinajstić information content (AvgIpc) is 2.23. The molecule has 0 amide bonds. The zero-order valence-corrected chi connectivity index (χ0v) is 11.3. The molecular formula is C15H23NO. The van der Waals surface area contributed by atoms with E-state index in [9.17, 15) is 4.79 Å². The van der Waals surface area contributed by atoms with Crippen molar-refractivity contribution in [2.75, 3.05) is 0 Å². The maximum atomic E-state index is 12.0. The number of aryl methyl sites for hydroxylation is 3. The lowest BCUT2D eigenvalue weighted by atomic mass is 9.93. The van der Waals surface area contributed by atoms with Crippen molar-refractivity contribution in [3.8, 4) is 0 Å². The zero-order valence-electron chi connectivity index (χ0n) is 11.3. The number of carbonyl (C=O) groups is 1. The van der Waals surface area contributed by atoms with E-state index in [1.54, 1.807) is 0 Å². The maximum absolute atomic E-state index is 12.0. The Morgan fingerprint density at radius 3 is 2.24 bits per heavy atom. The molecule has 17 heavy (non-hydrogen) atoms. The van der Waals surface area contributed by atoms with Crippen molar-refractivity contribution in [1.29, 1.82) is 0 Å². The van der Waals surface area contributed by atoms with E-state index in [0.717, 1.165) is 18.4 Å². The van der Waals surface area contributed by atoms with E-state index in [-0.39, 0.29) is 11.8 Å². The first kappa shape index (κ1) is 13.9. The highest BCUT2D eigenvalue weighted by molar-refractivity contribution is 5.86. The minimum Gasteiger partial charge on any atom is -0.321 e. The van der Waals surface area contributed by atoms with Crippen LogP contribution in [0.25, 0.3) is 0 Å². The standard InChI is InChI=1S/C15H23NO/c1-5-6-14(16)15(17)9-13-11(3)7-10(2)8-12(13)4/h7-8,14H,5-6,9,16H2,1-4H3. The van der Waals surface area contributed by atoms with Crippen molar-refractivity contribution < 1.29 is 4.79 Å². The predicted molar refractivity (Wildman–Crippen MR) is 72.2 cm³/mol. The Kier molecular flexibility index (Phi) is 4.88. The van der Waals surface area contributed by atoms with Crippen molar-refractivity contribution in [1.82, 2.24) is 0 Å². The molecule has 1 atom stereocenters. The minimum absolute atomic E-state index is 0.155. The van der Waals surface area contributed by atoms with Gasteiger partial charge in [0, 0.05) is 6.42 Å². The first-order chi connectivity index (χ1) is 7.95. The molecule has 0 aromatic heterocycles. The van der Waals surface area contributed by atoms with Gasteiger partial charge in [-0.25, -0.2) is 0 Å². The van der Waals surface area contributed by atoms with Gasteiger partial charge in [-0.05, 0) is 43.9 Å². The smallest absolute Gasteiger partial charge is 0.153 e. The lowest BCUT2D eigenvalue weighted by Crippen LogP contribution is -2.31. The average molecular weight is 233 g/mol. The molecule has 0 saturated carbocycles. The molecule has 1 rings (SSSR count).